The van der Waals surface area contributed by atoms with Crippen molar-refractivity contribution in [3.05, 3.63) is 31.1 Å². The normalized spacial score (nSPS) is 20.8. The predicted octanol–water partition coefficient (Wildman–Crippen LogP) is 0.885. The largest absolute Gasteiger partial charge is 0.309 e. The van der Waals surface area contributed by atoms with E-state index in [4.69, 9.17) is 0 Å². The maximum Gasteiger partial charge on any atom is 0.00438 e. The zero-order valence-electron chi connectivity index (χ0n) is 9.04. The molecule has 0 aromatic heterocycles. The third-order valence-electron chi connectivity index (χ3n) is 1.88. The Morgan fingerprint density at radius 1 is 0.846 bits per heavy atom. The Bertz CT molecular complexity index is 127. The van der Waals surface area contributed by atoms with Crippen LogP contribution in [0.2, 0.25) is 0 Å². The summed E-state index contributed by atoms with van der Waals surface area (Å²) < 4.78 is 0. The summed E-state index contributed by atoms with van der Waals surface area (Å²) in [4.78, 5) is 4.38. The Balaban J connectivity index is 2.20. The molecule has 0 bridgehead atoms. The Morgan fingerprint density at radius 3 is 1.54 bits per heavy atom. The number of nitrogens with zero attached hydrogens (tertiary/aromatic N) is 2. The number of hydrogen-bond donors (Lipinski definition) is 0. The van der Waals surface area contributed by atoms with Crippen LogP contribution >= 0.6 is 0 Å². The van der Waals surface area contributed by atoms with Gasteiger partial charge in [0.05, 0.1) is 0 Å². The Morgan fingerprint density at radius 2 is 1.23 bits per heavy atom. The lowest BCUT2D eigenvalue weighted by Crippen LogP contribution is -2.21. The monoisotopic (exact) mass is 179 g/mol. The summed E-state index contributed by atoms with van der Waals surface area (Å²) in [6.07, 6.45) is 6.69. The molecule has 0 unspecified atom stereocenters. The second-order valence-electron chi connectivity index (χ2n) is 4.10. The third-order valence-corrected chi connectivity index (χ3v) is 1.88. The molecule has 73 valence electrons. The van der Waals surface area contributed by atoms with E-state index in [1.165, 1.54) is 11.8 Å². The van der Waals surface area contributed by atoms with Gasteiger partial charge in [-0.1, -0.05) is 0 Å². The molecule has 2 nitrogen and oxygen atoms in total. The molecular formula is C11H19N2. The molecular weight excluding hydrogens is 160 g/mol. The predicted molar refractivity (Wildman–Crippen MR) is 56.5 cm³/mol. The Kier molecular flexibility index (Phi) is 4.20. The van der Waals surface area contributed by atoms with E-state index < -0.39 is 0 Å². The van der Waals surface area contributed by atoms with Gasteiger partial charge in [0.25, 0.3) is 0 Å². The van der Waals surface area contributed by atoms with Gasteiger partial charge in [-0.05, 0) is 59.3 Å². The third kappa shape index (κ3) is 4.10. The summed E-state index contributed by atoms with van der Waals surface area (Å²) in [5.74, 6) is 2.81. The van der Waals surface area contributed by atoms with Crippen LogP contribution in [0.25, 0.3) is 0 Å². The smallest absolute Gasteiger partial charge is 0.00438 e. The van der Waals surface area contributed by atoms with E-state index >= 15 is 0 Å². The summed E-state index contributed by atoms with van der Waals surface area (Å²) in [5.41, 5.74) is 0. The van der Waals surface area contributed by atoms with E-state index in [1.54, 1.807) is 0 Å². The van der Waals surface area contributed by atoms with Gasteiger partial charge in [0.1, 0.15) is 0 Å². The van der Waals surface area contributed by atoms with Gasteiger partial charge in [-0.25, -0.2) is 0 Å². The van der Waals surface area contributed by atoms with Crippen molar-refractivity contribution in [2.75, 3.05) is 41.3 Å². The van der Waals surface area contributed by atoms with Gasteiger partial charge in [0.2, 0.25) is 0 Å². The second kappa shape index (κ2) is 4.97. The van der Waals surface area contributed by atoms with Crippen molar-refractivity contribution >= 4 is 0 Å². The highest BCUT2D eigenvalue weighted by Crippen LogP contribution is 2.31. The minimum atomic E-state index is 1.04. The molecule has 1 aliphatic rings. The average Bonchev–Trinajstić information content (AvgIpc) is 2.33. The lowest BCUT2D eigenvalue weighted by atomic mass is 10.0. The van der Waals surface area contributed by atoms with E-state index in [9.17, 15) is 0 Å². The van der Waals surface area contributed by atoms with Gasteiger partial charge in [0.15, 0.2) is 0 Å². The van der Waals surface area contributed by atoms with Crippen LogP contribution in [0.4, 0.5) is 0 Å². The molecule has 1 aliphatic carbocycles. The maximum atomic E-state index is 2.28. The van der Waals surface area contributed by atoms with Gasteiger partial charge in [-0.3, -0.25) is 0 Å². The summed E-state index contributed by atoms with van der Waals surface area (Å²) in [5, 5.41) is 0. The van der Waals surface area contributed by atoms with Gasteiger partial charge in [0, 0.05) is 13.1 Å². The van der Waals surface area contributed by atoms with Crippen molar-refractivity contribution < 1.29 is 0 Å². The van der Waals surface area contributed by atoms with E-state index in [1.807, 2.05) is 0 Å². The highest BCUT2D eigenvalue weighted by Gasteiger charge is 2.26. The number of rotatable bonds is 4. The standard InChI is InChI=1S/C11H19N2/c1-12(2)8-10-5-6-11(7-10)9-13(3)4/h5-7H,8-9H2,1-4H3. The van der Waals surface area contributed by atoms with Gasteiger partial charge in [-0.2, -0.15) is 0 Å². The molecule has 0 atom stereocenters. The molecule has 13 heavy (non-hydrogen) atoms. The Hall–Kier alpha value is -0.0800. The van der Waals surface area contributed by atoms with Crippen LogP contribution in [0.1, 0.15) is 0 Å². The molecule has 1 rings (SSSR count). The first-order valence-corrected chi connectivity index (χ1v) is 4.62. The van der Waals surface area contributed by atoms with Crippen LogP contribution in [0.3, 0.4) is 0 Å². The fourth-order valence-electron chi connectivity index (χ4n) is 1.48. The molecule has 5 radical (unpaired) electrons. The van der Waals surface area contributed by atoms with Crippen molar-refractivity contribution in [3.63, 3.8) is 0 Å². The van der Waals surface area contributed by atoms with Crippen LogP contribution in [0.5, 0.6) is 0 Å². The second-order valence-corrected chi connectivity index (χ2v) is 4.10. The summed E-state index contributed by atoms with van der Waals surface area (Å²) >= 11 is 0. The van der Waals surface area contributed by atoms with Gasteiger partial charge in [-0.15, -0.1) is 0 Å². The van der Waals surface area contributed by atoms with Crippen molar-refractivity contribution in [1.29, 1.82) is 0 Å². The van der Waals surface area contributed by atoms with E-state index in [0.717, 1.165) is 13.1 Å². The maximum absolute atomic E-state index is 2.28. The lowest BCUT2D eigenvalue weighted by Gasteiger charge is -2.17. The highest BCUT2D eigenvalue weighted by atomic mass is 15.1. The van der Waals surface area contributed by atoms with Crippen LogP contribution in [-0.2, 0) is 0 Å². The van der Waals surface area contributed by atoms with E-state index in [-0.39, 0.29) is 0 Å². The number of hydrogen-bond acceptors (Lipinski definition) is 2. The molecule has 0 N–H and O–H groups in total. The van der Waals surface area contributed by atoms with Crippen LogP contribution in [0, 0.1) is 31.1 Å². The van der Waals surface area contributed by atoms with Crippen molar-refractivity contribution in [2.45, 2.75) is 0 Å². The first-order valence-electron chi connectivity index (χ1n) is 4.62. The first kappa shape index (κ1) is 11.0. The van der Waals surface area contributed by atoms with Crippen LogP contribution < -0.4 is 0 Å². The zero-order valence-corrected chi connectivity index (χ0v) is 9.04. The molecule has 0 aromatic rings. The minimum absolute atomic E-state index is 1.04. The molecule has 1 saturated carbocycles. The van der Waals surface area contributed by atoms with E-state index in [2.05, 4.69) is 57.3 Å². The van der Waals surface area contributed by atoms with Gasteiger partial charge >= 0.3 is 0 Å². The van der Waals surface area contributed by atoms with Crippen molar-refractivity contribution in [2.24, 2.45) is 0 Å². The van der Waals surface area contributed by atoms with Crippen molar-refractivity contribution in [3.8, 4) is 0 Å². The topological polar surface area (TPSA) is 6.48 Å². The Labute approximate surface area is 82.9 Å². The minimum Gasteiger partial charge on any atom is -0.309 e. The molecule has 0 aliphatic heterocycles. The molecule has 0 heterocycles. The van der Waals surface area contributed by atoms with Crippen molar-refractivity contribution in [1.82, 2.24) is 9.80 Å². The molecule has 1 fully saturated rings. The lowest BCUT2D eigenvalue weighted by molar-refractivity contribution is 0.423. The fourth-order valence-corrected chi connectivity index (χ4v) is 1.48. The molecule has 2 heteroatoms. The summed E-state index contributed by atoms with van der Waals surface area (Å²) in [7, 11) is 8.38. The van der Waals surface area contributed by atoms with E-state index in [0.29, 0.717) is 0 Å². The fraction of sp³-hybridized carbons (Fsp3) is 0.545. The first-order chi connectivity index (χ1) is 6.08. The molecule has 0 spiro atoms. The van der Waals surface area contributed by atoms with Gasteiger partial charge < -0.3 is 9.80 Å². The SMILES string of the molecule is CN(C)C[C]1[CH][CH][C](CN(C)C)[CH]1. The quantitative estimate of drug-likeness (QED) is 0.632. The molecule has 0 saturated heterocycles. The van der Waals surface area contributed by atoms with Crippen LogP contribution in [0.15, 0.2) is 0 Å². The molecule has 0 aromatic carbocycles. The summed E-state index contributed by atoms with van der Waals surface area (Å²) in [6, 6.07) is 0. The zero-order chi connectivity index (χ0) is 9.84. The van der Waals surface area contributed by atoms with Crippen LogP contribution in [-0.4, -0.2) is 51.1 Å². The summed E-state index contributed by atoms with van der Waals surface area (Å²) in [6.45, 7) is 2.07. The highest BCUT2D eigenvalue weighted by molar-refractivity contribution is 5.43. The average molecular weight is 179 g/mol. The molecule has 0 amide bonds.